The molecule has 106 valence electrons. The molecule has 1 heterocycles. The number of nitrogens with zero attached hydrogens (tertiary/aromatic N) is 2. The van der Waals surface area contributed by atoms with E-state index in [-0.39, 0.29) is 6.04 Å². The minimum atomic E-state index is -3.45. The molecule has 1 atom stereocenters. The highest BCUT2D eigenvalue weighted by Gasteiger charge is 2.34. The van der Waals surface area contributed by atoms with Gasteiger partial charge >= 0.3 is 0 Å². The van der Waals surface area contributed by atoms with Crippen LogP contribution in [-0.4, -0.2) is 56.9 Å². The van der Waals surface area contributed by atoms with Crippen molar-refractivity contribution in [1.29, 1.82) is 0 Å². The summed E-state index contributed by atoms with van der Waals surface area (Å²) in [5.41, 5.74) is 6.51. The van der Waals surface area contributed by atoms with Crippen molar-refractivity contribution >= 4 is 10.0 Å². The molecule has 1 aromatic carbocycles. The van der Waals surface area contributed by atoms with Gasteiger partial charge in [-0.1, -0.05) is 18.2 Å². The van der Waals surface area contributed by atoms with E-state index in [4.69, 9.17) is 5.73 Å². The second-order valence-electron chi connectivity index (χ2n) is 5.03. The zero-order valence-electron chi connectivity index (χ0n) is 11.4. The van der Waals surface area contributed by atoms with Crippen molar-refractivity contribution in [1.82, 2.24) is 9.21 Å². The fourth-order valence-corrected chi connectivity index (χ4v) is 4.32. The van der Waals surface area contributed by atoms with Gasteiger partial charge in [0.2, 0.25) is 10.0 Å². The van der Waals surface area contributed by atoms with E-state index in [0.717, 1.165) is 12.1 Å². The molecule has 2 rings (SSSR count). The number of hydrogen-bond donors (Lipinski definition) is 1. The van der Waals surface area contributed by atoms with Crippen LogP contribution in [0.3, 0.4) is 0 Å². The number of hydrogen-bond acceptors (Lipinski definition) is 4. The number of rotatable bonds is 3. The molecule has 0 spiro atoms. The normalized spacial score (nSPS) is 22.6. The molecule has 0 bridgehead atoms. The van der Waals surface area contributed by atoms with Crippen molar-refractivity contribution in [2.24, 2.45) is 5.73 Å². The maximum atomic E-state index is 12.7. The van der Waals surface area contributed by atoms with E-state index < -0.39 is 10.0 Å². The van der Waals surface area contributed by atoms with Gasteiger partial charge in [0, 0.05) is 26.2 Å². The molecule has 1 aliphatic heterocycles. The first-order valence-electron chi connectivity index (χ1n) is 6.43. The van der Waals surface area contributed by atoms with Gasteiger partial charge in [-0.15, -0.1) is 0 Å². The number of likely N-dealkylation sites (N-methyl/N-ethyl adjacent to an activating group) is 1. The quantitative estimate of drug-likeness (QED) is 0.864. The minimum Gasteiger partial charge on any atom is -0.329 e. The number of benzene rings is 1. The average Bonchev–Trinajstić information content (AvgIpc) is 2.38. The fraction of sp³-hybridized carbons (Fsp3) is 0.538. The van der Waals surface area contributed by atoms with Crippen molar-refractivity contribution in [2.75, 3.05) is 33.2 Å². The molecule has 1 fully saturated rings. The van der Waals surface area contributed by atoms with Crippen LogP contribution in [0.2, 0.25) is 0 Å². The third kappa shape index (κ3) is 2.81. The van der Waals surface area contributed by atoms with Crippen LogP contribution in [0.5, 0.6) is 0 Å². The van der Waals surface area contributed by atoms with E-state index in [9.17, 15) is 8.42 Å². The third-order valence-electron chi connectivity index (χ3n) is 3.58. The molecule has 2 N–H and O–H groups in total. The number of aryl methyl sites for hydroxylation is 1. The number of piperazine rings is 1. The van der Waals surface area contributed by atoms with Gasteiger partial charge in [-0.25, -0.2) is 8.42 Å². The first-order valence-corrected chi connectivity index (χ1v) is 7.87. The van der Waals surface area contributed by atoms with Gasteiger partial charge in [0.1, 0.15) is 0 Å². The molecule has 0 radical (unpaired) electrons. The number of nitrogens with two attached hydrogens (primary N) is 1. The van der Waals surface area contributed by atoms with Crippen molar-refractivity contribution in [3.05, 3.63) is 29.8 Å². The van der Waals surface area contributed by atoms with Gasteiger partial charge in [-0.3, -0.25) is 0 Å². The largest absolute Gasteiger partial charge is 0.329 e. The summed E-state index contributed by atoms with van der Waals surface area (Å²) in [5.74, 6) is 0. The standard InChI is InChI=1S/C13H21N3O2S/c1-11-5-3-4-6-13(11)19(17,18)16-8-7-15(2)10-12(16)9-14/h3-6,12H,7-10,14H2,1-2H3. The summed E-state index contributed by atoms with van der Waals surface area (Å²) in [6.07, 6.45) is 0. The Morgan fingerprint density at radius 2 is 2.00 bits per heavy atom. The van der Waals surface area contributed by atoms with Gasteiger partial charge in [0.25, 0.3) is 0 Å². The van der Waals surface area contributed by atoms with E-state index in [1.165, 1.54) is 0 Å². The van der Waals surface area contributed by atoms with Crippen molar-refractivity contribution in [2.45, 2.75) is 17.9 Å². The van der Waals surface area contributed by atoms with Crippen LogP contribution in [0.1, 0.15) is 5.56 Å². The van der Waals surface area contributed by atoms with Crippen LogP contribution in [-0.2, 0) is 10.0 Å². The third-order valence-corrected chi connectivity index (χ3v) is 5.70. The first kappa shape index (κ1) is 14.5. The molecular weight excluding hydrogens is 262 g/mol. The zero-order chi connectivity index (χ0) is 14.0. The Morgan fingerprint density at radius 1 is 1.32 bits per heavy atom. The SMILES string of the molecule is Cc1ccccc1S(=O)(=O)N1CCN(C)CC1CN. The number of sulfonamides is 1. The summed E-state index contributed by atoms with van der Waals surface area (Å²) in [6.45, 7) is 4.08. The van der Waals surface area contributed by atoms with Crippen LogP contribution in [0.4, 0.5) is 0 Å². The highest BCUT2D eigenvalue weighted by Crippen LogP contribution is 2.23. The summed E-state index contributed by atoms with van der Waals surface area (Å²) < 4.78 is 27.0. The van der Waals surface area contributed by atoms with Crippen LogP contribution in [0.15, 0.2) is 29.2 Å². The topological polar surface area (TPSA) is 66.6 Å². The Kier molecular flexibility index (Phi) is 4.25. The lowest BCUT2D eigenvalue weighted by Gasteiger charge is -2.38. The molecule has 1 aliphatic rings. The molecule has 5 nitrogen and oxygen atoms in total. The average molecular weight is 283 g/mol. The molecule has 0 aliphatic carbocycles. The second-order valence-corrected chi connectivity index (χ2v) is 6.89. The molecule has 6 heteroatoms. The van der Waals surface area contributed by atoms with Crippen LogP contribution in [0, 0.1) is 6.92 Å². The van der Waals surface area contributed by atoms with Crippen LogP contribution >= 0.6 is 0 Å². The lowest BCUT2D eigenvalue weighted by molar-refractivity contribution is 0.164. The Labute approximate surface area is 115 Å². The maximum absolute atomic E-state index is 12.7. The Hall–Kier alpha value is -0.950. The van der Waals surface area contributed by atoms with Gasteiger partial charge < -0.3 is 10.6 Å². The molecule has 0 amide bonds. The fourth-order valence-electron chi connectivity index (χ4n) is 2.47. The highest BCUT2D eigenvalue weighted by molar-refractivity contribution is 7.89. The van der Waals surface area contributed by atoms with Crippen molar-refractivity contribution < 1.29 is 8.42 Å². The Morgan fingerprint density at radius 3 is 2.63 bits per heavy atom. The van der Waals surface area contributed by atoms with Gasteiger partial charge in [-0.05, 0) is 25.6 Å². The van der Waals surface area contributed by atoms with Crippen molar-refractivity contribution in [3.63, 3.8) is 0 Å². The van der Waals surface area contributed by atoms with Crippen LogP contribution in [0.25, 0.3) is 0 Å². The predicted molar refractivity (Wildman–Crippen MR) is 75.4 cm³/mol. The Bertz CT molecular complexity index is 545. The molecule has 0 saturated carbocycles. The summed E-state index contributed by atoms with van der Waals surface area (Å²) in [4.78, 5) is 2.50. The van der Waals surface area contributed by atoms with E-state index in [2.05, 4.69) is 4.90 Å². The molecule has 1 aromatic rings. The lowest BCUT2D eigenvalue weighted by atomic mass is 10.2. The summed E-state index contributed by atoms with van der Waals surface area (Å²) in [6, 6.07) is 6.94. The monoisotopic (exact) mass is 283 g/mol. The zero-order valence-corrected chi connectivity index (χ0v) is 12.2. The summed E-state index contributed by atoms with van der Waals surface area (Å²) in [5, 5.41) is 0. The predicted octanol–water partition coefficient (Wildman–Crippen LogP) is 0.258. The molecule has 1 unspecified atom stereocenters. The second kappa shape index (κ2) is 5.58. The van der Waals surface area contributed by atoms with Crippen LogP contribution < -0.4 is 5.73 Å². The van der Waals surface area contributed by atoms with Gasteiger partial charge in [0.15, 0.2) is 0 Å². The minimum absolute atomic E-state index is 0.150. The molecule has 0 aromatic heterocycles. The van der Waals surface area contributed by atoms with Crippen molar-refractivity contribution in [3.8, 4) is 0 Å². The Balaban J connectivity index is 2.36. The maximum Gasteiger partial charge on any atom is 0.243 e. The van der Waals surface area contributed by atoms with E-state index in [1.54, 1.807) is 16.4 Å². The smallest absolute Gasteiger partial charge is 0.243 e. The molecular formula is C13H21N3O2S. The summed E-state index contributed by atoms with van der Waals surface area (Å²) in [7, 11) is -1.46. The van der Waals surface area contributed by atoms with E-state index in [0.29, 0.717) is 24.5 Å². The molecule has 19 heavy (non-hydrogen) atoms. The summed E-state index contributed by atoms with van der Waals surface area (Å²) >= 11 is 0. The molecule has 1 saturated heterocycles. The van der Waals surface area contributed by atoms with Gasteiger partial charge in [-0.2, -0.15) is 4.31 Å². The lowest BCUT2D eigenvalue weighted by Crippen LogP contribution is -2.56. The van der Waals surface area contributed by atoms with E-state index >= 15 is 0 Å². The van der Waals surface area contributed by atoms with Gasteiger partial charge in [0.05, 0.1) is 10.9 Å². The highest BCUT2D eigenvalue weighted by atomic mass is 32.2. The first-order chi connectivity index (χ1) is 8.96. The van der Waals surface area contributed by atoms with E-state index in [1.807, 2.05) is 26.1 Å².